The van der Waals surface area contributed by atoms with Gasteiger partial charge in [0.25, 0.3) is 0 Å². The zero-order valence-corrected chi connectivity index (χ0v) is 34.6. The van der Waals surface area contributed by atoms with Crippen LogP contribution < -0.4 is 5.32 Å². The lowest BCUT2D eigenvalue weighted by Gasteiger charge is -2.67. The van der Waals surface area contributed by atoms with Crippen LogP contribution in [0.4, 0.5) is 0 Å². The molecule has 1 amide bonds. The number of carbonyl (C=O) groups excluding carboxylic acids is 5. The summed E-state index contributed by atoms with van der Waals surface area (Å²) in [4.78, 5) is 69.8. The fourth-order valence-electron chi connectivity index (χ4n) is 10.5. The van der Waals surface area contributed by atoms with Crippen LogP contribution in [0.2, 0.25) is 0 Å². The molecule has 14 heteroatoms. The molecule has 2 saturated carbocycles. The van der Waals surface area contributed by atoms with Crippen molar-refractivity contribution in [3.63, 3.8) is 0 Å². The van der Waals surface area contributed by atoms with Crippen molar-refractivity contribution in [2.24, 2.45) is 16.7 Å². The predicted octanol–water partition coefficient (Wildman–Crippen LogP) is 3.52. The number of amides is 1. The average Bonchev–Trinajstić information content (AvgIpc) is 3.20. The molecule has 2 aromatic carbocycles. The van der Waals surface area contributed by atoms with Crippen molar-refractivity contribution in [3.05, 3.63) is 94.6 Å². The molecule has 3 fully saturated rings. The topological polar surface area (TPSA) is 215 Å². The molecule has 0 radical (unpaired) electrons. The maximum atomic E-state index is 15.0. The quantitative estimate of drug-likeness (QED) is 0.167. The van der Waals surface area contributed by atoms with Gasteiger partial charge in [-0.3, -0.25) is 14.4 Å². The van der Waals surface area contributed by atoms with Gasteiger partial charge in [-0.2, -0.15) is 0 Å². The van der Waals surface area contributed by atoms with Crippen LogP contribution in [0, 0.1) is 16.7 Å². The molecule has 6 aliphatic rings. The molecule has 14 nitrogen and oxygen atoms in total. The highest BCUT2D eigenvalue weighted by Crippen LogP contribution is 2.64. The number of ether oxygens (including phenoxy) is 4. The lowest BCUT2D eigenvalue weighted by atomic mass is 9.44. The molecule has 3 aliphatic heterocycles. The van der Waals surface area contributed by atoms with Crippen LogP contribution in [-0.4, -0.2) is 104 Å². The molecule has 60 heavy (non-hydrogen) atoms. The summed E-state index contributed by atoms with van der Waals surface area (Å²) in [5.74, 6) is -5.62. The first-order valence-corrected chi connectivity index (χ1v) is 20.7. The molecule has 5 bridgehead atoms. The average molecular weight is 830 g/mol. The number of allylic oxidation sites excluding steroid dienone is 2. The van der Waals surface area contributed by atoms with Crippen LogP contribution in [0.25, 0.3) is 0 Å². The molecule has 2 aromatic rings. The summed E-state index contributed by atoms with van der Waals surface area (Å²) in [5.41, 5.74) is -6.10. The van der Waals surface area contributed by atoms with E-state index in [1.807, 2.05) is 12.2 Å². The number of aliphatic hydroxyl groups is 4. The predicted molar refractivity (Wildman–Crippen MR) is 214 cm³/mol. The fourth-order valence-corrected chi connectivity index (χ4v) is 10.5. The van der Waals surface area contributed by atoms with Crippen LogP contribution in [0.15, 0.2) is 77.9 Å². The second kappa shape index (κ2) is 16.3. The Bertz CT molecular complexity index is 2080. The first-order chi connectivity index (χ1) is 28.4. The molecule has 11 atom stereocenters. The van der Waals surface area contributed by atoms with Crippen LogP contribution in [0.5, 0.6) is 0 Å². The largest absolute Gasteiger partial charge is 0.456 e. The van der Waals surface area contributed by atoms with Gasteiger partial charge >= 0.3 is 17.9 Å². The highest BCUT2D eigenvalue weighted by molar-refractivity contribution is 5.94. The van der Waals surface area contributed by atoms with Crippen LogP contribution in [-0.2, 0) is 44.5 Å². The number of fused-ring (bicyclic) bond motifs is 18. The monoisotopic (exact) mass is 829 g/mol. The summed E-state index contributed by atoms with van der Waals surface area (Å²) in [5, 5.41) is 52.2. The second-order valence-electron chi connectivity index (χ2n) is 17.7. The molecular formula is C46H55NO13. The lowest BCUT2D eigenvalue weighted by molar-refractivity contribution is -0.346. The Labute approximate surface area is 348 Å². The summed E-state index contributed by atoms with van der Waals surface area (Å²) in [6, 6.07) is 13.9. The Morgan fingerprint density at radius 3 is 2.27 bits per heavy atom. The summed E-state index contributed by atoms with van der Waals surface area (Å²) < 4.78 is 24.4. The van der Waals surface area contributed by atoms with Crippen LogP contribution in [0.3, 0.4) is 0 Å². The number of hydrogen-bond acceptors (Lipinski definition) is 13. The first-order valence-electron chi connectivity index (χ1n) is 20.7. The molecule has 3 heterocycles. The minimum Gasteiger partial charge on any atom is -0.456 e. The van der Waals surface area contributed by atoms with Crippen molar-refractivity contribution in [3.8, 4) is 0 Å². The van der Waals surface area contributed by atoms with E-state index in [4.69, 9.17) is 18.9 Å². The number of ketones is 1. The highest BCUT2D eigenvalue weighted by Gasteiger charge is 2.78. The number of aliphatic hydroxyl groups excluding tert-OH is 3. The Balaban J connectivity index is 1.40. The fraction of sp³-hybridized carbons (Fsp3) is 0.543. The van der Waals surface area contributed by atoms with Crippen LogP contribution in [0.1, 0.15) is 101 Å². The van der Waals surface area contributed by atoms with E-state index < -0.39 is 107 Å². The van der Waals surface area contributed by atoms with Crippen molar-refractivity contribution in [1.82, 2.24) is 5.32 Å². The third kappa shape index (κ3) is 7.19. The zero-order valence-electron chi connectivity index (χ0n) is 34.6. The smallest absolute Gasteiger partial charge is 0.338 e. The van der Waals surface area contributed by atoms with E-state index in [1.54, 1.807) is 68.4 Å². The van der Waals surface area contributed by atoms with Crippen molar-refractivity contribution in [1.29, 1.82) is 0 Å². The van der Waals surface area contributed by atoms with Gasteiger partial charge in [0.1, 0.15) is 30.0 Å². The maximum Gasteiger partial charge on any atom is 0.338 e. The molecule has 1 saturated heterocycles. The van der Waals surface area contributed by atoms with Crippen LogP contribution >= 0.6 is 0 Å². The molecular weight excluding hydrogens is 774 g/mol. The first kappa shape index (κ1) is 43.4. The van der Waals surface area contributed by atoms with Gasteiger partial charge in [-0.05, 0) is 73.9 Å². The van der Waals surface area contributed by atoms with Gasteiger partial charge < -0.3 is 44.7 Å². The summed E-state index contributed by atoms with van der Waals surface area (Å²) in [6.07, 6.45) is -3.69. The Morgan fingerprint density at radius 2 is 1.62 bits per heavy atom. The number of Topliss-reactive ketones (excluding diaryl/α,β-unsaturated/α-hetero) is 1. The molecule has 3 aliphatic carbocycles. The Morgan fingerprint density at radius 1 is 0.917 bits per heavy atom. The summed E-state index contributed by atoms with van der Waals surface area (Å²) in [6.45, 7) is 6.98. The Kier molecular flexibility index (Phi) is 11.8. The number of carbonyl (C=O) groups is 5. The van der Waals surface area contributed by atoms with Crippen molar-refractivity contribution in [2.75, 3.05) is 6.61 Å². The molecule has 0 unspecified atom stereocenters. The molecule has 0 aromatic heterocycles. The Hall–Kier alpha value is -4.73. The molecule has 8 rings (SSSR count). The van der Waals surface area contributed by atoms with Gasteiger partial charge in [0.15, 0.2) is 17.5 Å². The number of esters is 3. The normalized spacial score (nSPS) is 37.8. The van der Waals surface area contributed by atoms with E-state index in [0.717, 1.165) is 5.56 Å². The third-order valence-corrected chi connectivity index (χ3v) is 13.9. The molecule has 322 valence electrons. The number of hydrogen-bond donors (Lipinski definition) is 5. The highest BCUT2D eigenvalue weighted by atomic mass is 16.6. The van der Waals surface area contributed by atoms with E-state index in [9.17, 15) is 39.6 Å². The number of benzene rings is 2. The van der Waals surface area contributed by atoms with E-state index in [1.165, 1.54) is 20.8 Å². The lowest BCUT2D eigenvalue weighted by Crippen LogP contribution is -2.81. The number of rotatable bonds is 2. The van der Waals surface area contributed by atoms with E-state index in [0.29, 0.717) is 31.2 Å². The van der Waals surface area contributed by atoms with E-state index in [-0.39, 0.29) is 36.2 Å². The summed E-state index contributed by atoms with van der Waals surface area (Å²) >= 11 is 0. The summed E-state index contributed by atoms with van der Waals surface area (Å²) in [7, 11) is 0. The molecule has 0 spiro atoms. The van der Waals surface area contributed by atoms with Crippen molar-refractivity contribution in [2.45, 2.75) is 133 Å². The van der Waals surface area contributed by atoms with E-state index in [2.05, 4.69) is 5.32 Å². The van der Waals surface area contributed by atoms with Gasteiger partial charge in [0.2, 0.25) is 5.91 Å². The minimum absolute atomic E-state index is 0.0363. The second-order valence-corrected chi connectivity index (χ2v) is 17.7. The minimum atomic E-state index is -2.33. The van der Waals surface area contributed by atoms with Gasteiger partial charge in [0, 0.05) is 31.6 Å². The third-order valence-electron chi connectivity index (χ3n) is 13.9. The zero-order chi connectivity index (χ0) is 43.4. The van der Waals surface area contributed by atoms with Crippen molar-refractivity contribution >= 4 is 29.6 Å². The standard InChI is InChI=1S/C46H55NO13/c1-25-30-23-46(56)40(38-44(5,39(53)36(51)34(25)43(46,3)4)31(49)22-32-45(38,24-57-32)60-26(2)48)59-41(54)29-20-18-27(19-21-29)14-10-7-6-8-13-17-33(50)47-35(37(52)42(55)58-30)28-15-11-9-12-16-28/h7,9-12,15-16,18-21,30-32,35-38,40,49,51-52,56H,6,8,13-14,17,22-24H2,1-5H3,(H,47,50)/b10-7+/t30-,31-,32+,35-,36+,37+,38-,40-,44+,45-,46+/m0/s1. The van der Waals surface area contributed by atoms with Gasteiger partial charge in [-0.1, -0.05) is 68.5 Å². The van der Waals surface area contributed by atoms with Gasteiger partial charge in [-0.25, -0.2) is 9.59 Å². The molecule has 5 N–H and O–H groups in total. The van der Waals surface area contributed by atoms with Gasteiger partial charge in [0.05, 0.1) is 35.6 Å². The van der Waals surface area contributed by atoms with Crippen molar-refractivity contribution < 1.29 is 63.3 Å². The number of nitrogens with one attached hydrogen (secondary N) is 1. The maximum absolute atomic E-state index is 15.0. The SMILES string of the molecule is CC(=O)O[C@@]12CO[C@@H]1C[C@H](O)[C@@]1(C)C(=O)[C@H](O)C3=C(C)[C@@H]4C[C@@](O)([C@@H](OC(=O)c5ccc(cc5)C/C=C/CCCCC(=O)N[C@@H](c5ccccc5)[C@@H](O)C(=O)O4)[C@H]21)C3(C)C. The van der Waals surface area contributed by atoms with E-state index >= 15 is 4.79 Å². The van der Waals surface area contributed by atoms with Gasteiger partial charge in [-0.15, -0.1) is 0 Å².